The Bertz CT molecular complexity index is 1850. The molecule has 0 aromatic carbocycles. The number of fused-ring (bicyclic) bond motifs is 1. The number of rotatable bonds is 11. The van der Waals surface area contributed by atoms with Gasteiger partial charge in [0.05, 0.1) is 18.2 Å². The van der Waals surface area contributed by atoms with Crippen LogP contribution in [0.1, 0.15) is 103 Å². The smallest absolute Gasteiger partial charge is 0.272 e. The minimum atomic E-state index is -0.265. The lowest BCUT2D eigenvalue weighted by atomic mass is 9.81. The average Bonchev–Trinajstić information content (AvgIpc) is 3.94. The van der Waals surface area contributed by atoms with Crippen LogP contribution >= 0.6 is 11.3 Å². The van der Waals surface area contributed by atoms with E-state index in [1.54, 1.807) is 23.0 Å². The van der Waals surface area contributed by atoms with Gasteiger partial charge >= 0.3 is 0 Å². The number of nitrogens with zero attached hydrogens (tertiary/aromatic N) is 7. The Kier molecular flexibility index (Phi) is 9.66. The van der Waals surface area contributed by atoms with E-state index >= 15 is 0 Å². The van der Waals surface area contributed by atoms with Crippen LogP contribution in [0.4, 0.5) is 5.00 Å². The normalized spacial score (nSPS) is 21.4. The highest BCUT2D eigenvalue weighted by Crippen LogP contribution is 2.47. The lowest BCUT2D eigenvalue weighted by Crippen LogP contribution is -2.38. The Hall–Kier alpha value is -4.32. The van der Waals surface area contributed by atoms with Crippen LogP contribution in [0.3, 0.4) is 0 Å². The lowest BCUT2D eigenvalue weighted by molar-refractivity contribution is 0.0924. The molecule has 49 heavy (non-hydrogen) atoms. The molecule has 2 aliphatic heterocycles. The number of likely N-dealkylation sites (N-methyl/N-ethyl adjacent to an activating group) is 1. The van der Waals surface area contributed by atoms with Crippen molar-refractivity contribution in [2.45, 2.75) is 95.7 Å². The number of carbonyl (C=O) groups is 1. The second-order valence-corrected chi connectivity index (χ2v) is 14.4. The van der Waals surface area contributed by atoms with Crippen LogP contribution in [-0.4, -0.2) is 80.7 Å². The van der Waals surface area contributed by atoms with Gasteiger partial charge in [-0.3, -0.25) is 9.69 Å². The standard InChI is InChI=1S/C35H43N9O4S/c1-4-5-8-23-31(42-48-32(23)22-9-6-11-27-30(22)24(18-36)33(37)49-27)34-39-28(17-29(40-34)47-20(2)26-10-7-14-43(26)3)44-15-12-25(41-44)35(45)38-21-13-16-46-19-21/h12,15,17,20-22,26H,4-11,13-14,16,19,37H2,1-3H3,(H,38,45)/t20-,21+,22-,26-/m0/s1. The molecule has 3 N–H and O–H groups in total. The van der Waals surface area contributed by atoms with Crippen LogP contribution < -0.4 is 15.8 Å². The molecule has 0 unspecified atom stereocenters. The third-order valence-electron chi connectivity index (χ3n) is 9.97. The Morgan fingerprint density at radius 1 is 1.29 bits per heavy atom. The molecule has 4 aromatic rings. The molecule has 14 heteroatoms. The van der Waals surface area contributed by atoms with Crippen LogP contribution in [0, 0.1) is 11.3 Å². The fraction of sp³-hybridized carbons (Fsp3) is 0.543. The number of carbonyl (C=O) groups excluding carboxylic acids is 1. The number of ether oxygens (including phenoxy) is 2. The minimum absolute atomic E-state index is 0.0311. The number of aryl methyl sites for hydroxylation is 1. The summed E-state index contributed by atoms with van der Waals surface area (Å²) < 4.78 is 19.7. The van der Waals surface area contributed by atoms with Crippen LogP contribution in [0.2, 0.25) is 0 Å². The van der Waals surface area contributed by atoms with Crippen molar-refractivity contribution in [2.24, 2.45) is 0 Å². The maximum atomic E-state index is 13.0. The molecule has 13 nitrogen and oxygen atoms in total. The molecular formula is C35H43N9O4S. The first kappa shape index (κ1) is 33.2. The molecule has 1 amide bonds. The van der Waals surface area contributed by atoms with Gasteiger partial charge in [0.2, 0.25) is 5.88 Å². The van der Waals surface area contributed by atoms with Gasteiger partial charge in [-0.1, -0.05) is 18.5 Å². The number of hydrogen-bond acceptors (Lipinski definition) is 12. The monoisotopic (exact) mass is 685 g/mol. The van der Waals surface area contributed by atoms with Gasteiger partial charge < -0.3 is 25.0 Å². The quantitative estimate of drug-likeness (QED) is 0.217. The first-order valence-electron chi connectivity index (χ1n) is 17.3. The summed E-state index contributed by atoms with van der Waals surface area (Å²) in [6.07, 6.45) is 9.81. The SMILES string of the molecule is CCCCc1c(-c2nc(O[C@@H](C)[C@@H]3CCCN3C)cc(-n3ccc(C(=O)N[C@@H]4CCOC4)n3)n2)noc1[C@H]1CCCc2sc(N)c(C#N)c21. The Morgan fingerprint density at radius 2 is 2.16 bits per heavy atom. The van der Waals surface area contributed by atoms with Gasteiger partial charge in [0, 0.05) is 41.3 Å². The number of anilines is 1. The van der Waals surface area contributed by atoms with Crippen molar-refractivity contribution in [1.82, 2.24) is 35.1 Å². The van der Waals surface area contributed by atoms with Gasteiger partial charge in [-0.2, -0.15) is 15.3 Å². The molecule has 7 rings (SSSR count). The van der Waals surface area contributed by atoms with Gasteiger partial charge in [0.1, 0.15) is 22.9 Å². The maximum absolute atomic E-state index is 13.0. The molecule has 6 heterocycles. The molecule has 0 spiro atoms. The summed E-state index contributed by atoms with van der Waals surface area (Å²) in [6.45, 7) is 6.37. The minimum Gasteiger partial charge on any atom is -0.473 e. The van der Waals surface area contributed by atoms with Crippen molar-refractivity contribution in [3.8, 4) is 29.3 Å². The third-order valence-corrected chi connectivity index (χ3v) is 11.1. The highest BCUT2D eigenvalue weighted by molar-refractivity contribution is 7.16. The number of hydrogen-bond donors (Lipinski definition) is 2. The number of amides is 1. The van der Waals surface area contributed by atoms with Crippen LogP contribution in [0.15, 0.2) is 22.9 Å². The fourth-order valence-electron chi connectivity index (χ4n) is 7.40. The van der Waals surface area contributed by atoms with Crippen molar-refractivity contribution >= 4 is 22.2 Å². The van der Waals surface area contributed by atoms with E-state index in [2.05, 4.69) is 47.4 Å². The van der Waals surface area contributed by atoms with E-state index in [1.165, 1.54) is 11.3 Å². The van der Waals surface area contributed by atoms with Crippen molar-refractivity contribution in [3.63, 3.8) is 0 Å². The fourth-order valence-corrected chi connectivity index (χ4v) is 8.52. The Morgan fingerprint density at radius 3 is 2.92 bits per heavy atom. The number of aromatic nitrogens is 5. The number of thiophene rings is 1. The lowest BCUT2D eigenvalue weighted by Gasteiger charge is -2.26. The molecule has 258 valence electrons. The zero-order valence-electron chi connectivity index (χ0n) is 28.3. The summed E-state index contributed by atoms with van der Waals surface area (Å²) in [7, 11) is 2.12. The molecule has 4 atom stereocenters. The van der Waals surface area contributed by atoms with Gasteiger partial charge in [0.25, 0.3) is 5.91 Å². The topological polar surface area (TPSA) is 170 Å². The van der Waals surface area contributed by atoms with E-state index in [0.29, 0.717) is 53.4 Å². The van der Waals surface area contributed by atoms with E-state index < -0.39 is 0 Å². The molecule has 0 saturated carbocycles. The number of nitrogen functional groups attached to an aromatic ring is 1. The van der Waals surface area contributed by atoms with E-state index in [9.17, 15) is 10.1 Å². The number of nitriles is 1. The van der Waals surface area contributed by atoms with E-state index in [-0.39, 0.29) is 35.7 Å². The molecule has 4 aromatic heterocycles. The van der Waals surface area contributed by atoms with Crippen LogP contribution in [-0.2, 0) is 17.6 Å². The molecule has 2 saturated heterocycles. The van der Waals surface area contributed by atoms with E-state index in [0.717, 1.165) is 79.7 Å². The van der Waals surface area contributed by atoms with Crippen LogP contribution in [0.5, 0.6) is 5.88 Å². The molecular weight excluding hydrogens is 643 g/mol. The molecule has 2 fully saturated rings. The first-order chi connectivity index (χ1) is 23.8. The second-order valence-electron chi connectivity index (χ2n) is 13.3. The zero-order chi connectivity index (χ0) is 34.1. The number of nitrogens with two attached hydrogens (primary N) is 1. The highest BCUT2D eigenvalue weighted by Gasteiger charge is 2.35. The van der Waals surface area contributed by atoms with Crippen molar-refractivity contribution in [3.05, 3.63) is 51.4 Å². The van der Waals surface area contributed by atoms with Gasteiger partial charge in [-0.25, -0.2) is 9.67 Å². The number of nitrogens with one attached hydrogen (secondary N) is 1. The predicted octanol–water partition coefficient (Wildman–Crippen LogP) is 5.02. The second kappa shape index (κ2) is 14.3. The Balaban J connectivity index is 1.28. The summed E-state index contributed by atoms with van der Waals surface area (Å²) in [6, 6.07) is 6.00. The molecule has 0 bridgehead atoms. The Labute approximate surface area is 289 Å². The first-order valence-corrected chi connectivity index (χ1v) is 18.2. The summed E-state index contributed by atoms with van der Waals surface area (Å²) in [5.41, 5.74) is 9.57. The summed E-state index contributed by atoms with van der Waals surface area (Å²) in [4.78, 5) is 26.3. The number of unbranched alkanes of at least 4 members (excludes halogenated alkanes) is 1. The van der Waals surface area contributed by atoms with Crippen molar-refractivity contribution < 1.29 is 18.8 Å². The summed E-state index contributed by atoms with van der Waals surface area (Å²) >= 11 is 1.50. The molecule has 3 aliphatic rings. The van der Waals surface area contributed by atoms with Crippen LogP contribution in [0.25, 0.3) is 17.3 Å². The molecule has 0 radical (unpaired) electrons. The van der Waals surface area contributed by atoms with Gasteiger partial charge in [-0.15, -0.1) is 11.3 Å². The van der Waals surface area contributed by atoms with Gasteiger partial charge in [-0.05, 0) is 83.5 Å². The number of likely N-dealkylation sites (tertiary alicyclic amines) is 1. The van der Waals surface area contributed by atoms with Crippen molar-refractivity contribution in [2.75, 3.05) is 32.5 Å². The maximum Gasteiger partial charge on any atom is 0.272 e. The van der Waals surface area contributed by atoms with Crippen molar-refractivity contribution in [1.29, 1.82) is 5.26 Å². The zero-order valence-corrected chi connectivity index (χ0v) is 29.1. The van der Waals surface area contributed by atoms with Gasteiger partial charge in [0.15, 0.2) is 23.0 Å². The summed E-state index contributed by atoms with van der Waals surface area (Å²) in [5.74, 6) is 1.53. The predicted molar refractivity (Wildman–Crippen MR) is 184 cm³/mol. The van der Waals surface area contributed by atoms with E-state index in [4.69, 9.17) is 29.7 Å². The third kappa shape index (κ3) is 6.67. The average molecular weight is 686 g/mol. The summed E-state index contributed by atoms with van der Waals surface area (Å²) in [5, 5.41) is 22.8. The van der Waals surface area contributed by atoms with E-state index in [1.807, 2.05) is 0 Å². The molecule has 1 aliphatic carbocycles. The largest absolute Gasteiger partial charge is 0.473 e. The highest BCUT2D eigenvalue weighted by atomic mass is 32.1.